The van der Waals surface area contributed by atoms with Crippen LogP contribution in [0.25, 0.3) is 48.6 Å². The van der Waals surface area contributed by atoms with Gasteiger partial charge in [-0.3, -0.25) is 0 Å². The van der Waals surface area contributed by atoms with Crippen LogP contribution in [0.5, 0.6) is 0 Å². The molecule has 0 aliphatic heterocycles. The quantitative estimate of drug-likeness (QED) is 0.106. The normalized spacial score (nSPS) is 11.9. The van der Waals surface area contributed by atoms with Crippen molar-refractivity contribution in [2.75, 3.05) is 0 Å². The van der Waals surface area contributed by atoms with E-state index in [1.165, 1.54) is 44.5 Å². The van der Waals surface area contributed by atoms with E-state index in [2.05, 4.69) is 173 Å². The molecule has 0 bridgehead atoms. The van der Waals surface area contributed by atoms with E-state index in [1.54, 1.807) is 0 Å². The number of aromatic nitrogens is 2. The molecule has 5 aromatic rings. The Kier molecular flexibility index (Phi) is 13.9. The van der Waals surface area contributed by atoms with Crippen molar-refractivity contribution >= 4 is 48.6 Å². The van der Waals surface area contributed by atoms with Gasteiger partial charge < -0.3 is 0 Å². The third-order valence-corrected chi connectivity index (χ3v) is 8.99. The fourth-order valence-electron chi connectivity index (χ4n) is 6.43. The van der Waals surface area contributed by atoms with E-state index >= 15 is 0 Å². The van der Waals surface area contributed by atoms with E-state index < -0.39 is 0 Å². The zero-order valence-corrected chi connectivity index (χ0v) is 30.4. The number of benzene rings is 4. The molecule has 0 aliphatic rings. The minimum absolute atomic E-state index is 0.852. The van der Waals surface area contributed by atoms with Crippen LogP contribution in [-0.4, -0.2) is 9.97 Å². The van der Waals surface area contributed by atoms with Gasteiger partial charge in [0, 0.05) is 0 Å². The zero-order chi connectivity index (χ0) is 35.0. The van der Waals surface area contributed by atoms with Crippen LogP contribution in [0.3, 0.4) is 0 Å². The van der Waals surface area contributed by atoms with Crippen LogP contribution in [0.4, 0.5) is 0 Å². The largest absolute Gasteiger partial charge is 0.245 e. The van der Waals surface area contributed by atoms with Crippen molar-refractivity contribution in [1.82, 2.24) is 9.97 Å². The second kappa shape index (κ2) is 19.2. The second-order valence-electron chi connectivity index (χ2n) is 12.9. The number of hydrogen-bond donors (Lipinski definition) is 0. The molecule has 1 aromatic heterocycles. The smallest absolute Gasteiger partial charge is 0.0894 e. The summed E-state index contributed by atoms with van der Waals surface area (Å²) < 4.78 is 0. The van der Waals surface area contributed by atoms with Gasteiger partial charge in [-0.1, -0.05) is 175 Å². The van der Waals surface area contributed by atoms with E-state index in [-0.39, 0.29) is 0 Å². The second-order valence-corrected chi connectivity index (χ2v) is 12.9. The molecule has 50 heavy (non-hydrogen) atoms. The van der Waals surface area contributed by atoms with Gasteiger partial charge in [-0.15, -0.1) is 0 Å². The van der Waals surface area contributed by atoms with Crippen LogP contribution >= 0.6 is 0 Å². The molecule has 1 heterocycles. The minimum Gasteiger partial charge on any atom is -0.245 e. The van der Waals surface area contributed by atoms with E-state index in [9.17, 15) is 0 Å². The van der Waals surface area contributed by atoms with Gasteiger partial charge in [0.05, 0.1) is 22.8 Å². The fraction of sp³-hybridized carbons (Fsp3) is 0.250. The van der Waals surface area contributed by atoms with Crippen molar-refractivity contribution in [3.8, 4) is 0 Å². The number of rotatable bonds is 16. The van der Waals surface area contributed by atoms with Crippen LogP contribution in [0.1, 0.15) is 121 Å². The Balaban J connectivity index is 1.68. The highest BCUT2D eigenvalue weighted by molar-refractivity contribution is 5.82. The fourth-order valence-corrected chi connectivity index (χ4v) is 6.43. The van der Waals surface area contributed by atoms with Gasteiger partial charge in [-0.05, 0) is 94.5 Å². The maximum atomic E-state index is 5.36. The van der Waals surface area contributed by atoms with E-state index in [0.29, 0.717) is 0 Å². The number of hydrogen-bond acceptors (Lipinski definition) is 2. The maximum Gasteiger partial charge on any atom is 0.0894 e. The van der Waals surface area contributed by atoms with Gasteiger partial charge in [-0.2, -0.15) is 0 Å². The highest BCUT2D eigenvalue weighted by Gasteiger charge is 2.10. The summed E-state index contributed by atoms with van der Waals surface area (Å²) in [6.45, 7) is 8.93. The van der Waals surface area contributed by atoms with E-state index in [1.807, 2.05) is 0 Å². The van der Waals surface area contributed by atoms with Crippen LogP contribution in [0.2, 0.25) is 0 Å². The van der Waals surface area contributed by atoms with Gasteiger partial charge in [0.25, 0.3) is 0 Å². The molecular formula is C48H52N2. The molecule has 2 heteroatoms. The average molecular weight is 657 g/mol. The van der Waals surface area contributed by atoms with Crippen molar-refractivity contribution in [3.05, 3.63) is 164 Å². The van der Waals surface area contributed by atoms with Gasteiger partial charge in [0.2, 0.25) is 0 Å². The topological polar surface area (TPSA) is 25.8 Å². The first-order valence-electron chi connectivity index (χ1n) is 18.6. The molecule has 0 atom stereocenters. The molecule has 0 saturated heterocycles. The van der Waals surface area contributed by atoms with Crippen LogP contribution < -0.4 is 0 Å². The van der Waals surface area contributed by atoms with Gasteiger partial charge >= 0.3 is 0 Å². The van der Waals surface area contributed by atoms with Gasteiger partial charge in [0.1, 0.15) is 0 Å². The van der Waals surface area contributed by atoms with Gasteiger partial charge in [-0.25, -0.2) is 9.97 Å². The Morgan fingerprint density at radius 1 is 0.320 bits per heavy atom. The van der Waals surface area contributed by atoms with Crippen molar-refractivity contribution in [2.45, 2.75) is 79.1 Å². The molecule has 0 saturated carbocycles. The molecule has 0 unspecified atom stereocenters. The first-order chi connectivity index (χ1) is 24.6. The average Bonchev–Trinajstić information content (AvgIpc) is 3.14. The highest BCUT2D eigenvalue weighted by atomic mass is 14.8. The summed E-state index contributed by atoms with van der Waals surface area (Å²) in [6, 6.07) is 34.7. The standard InChI is InChI=1S/C48H52N2/c1-5-17-37-21-9-13-25-41(37)29-33-45-46(34-30-42-26-14-10-22-38(42)18-6-2)50-48(36-32-44-28-16-12-24-40(44)20-8-4)47(49-45)35-31-43-27-15-11-23-39(43)19-7-3/h9-16,21-36H,5-8,17-20H2,1-4H3/b33-29+,34-30+,35-31+,36-32+. The summed E-state index contributed by atoms with van der Waals surface area (Å²) in [5.41, 5.74) is 13.7. The van der Waals surface area contributed by atoms with Crippen molar-refractivity contribution in [1.29, 1.82) is 0 Å². The van der Waals surface area contributed by atoms with Crippen molar-refractivity contribution in [3.63, 3.8) is 0 Å². The lowest BCUT2D eigenvalue weighted by Gasteiger charge is -2.10. The number of nitrogens with zero attached hydrogens (tertiary/aromatic N) is 2. The summed E-state index contributed by atoms with van der Waals surface area (Å²) >= 11 is 0. The Morgan fingerprint density at radius 2 is 0.540 bits per heavy atom. The summed E-state index contributed by atoms with van der Waals surface area (Å²) in [4.78, 5) is 10.7. The molecule has 2 nitrogen and oxygen atoms in total. The first-order valence-corrected chi connectivity index (χ1v) is 18.6. The summed E-state index contributed by atoms with van der Waals surface area (Å²) in [5, 5.41) is 0. The van der Waals surface area contributed by atoms with Crippen LogP contribution in [-0.2, 0) is 25.7 Å². The first kappa shape index (κ1) is 36.2. The molecule has 0 spiro atoms. The molecule has 0 N–H and O–H groups in total. The minimum atomic E-state index is 0.852. The molecular weight excluding hydrogens is 605 g/mol. The molecule has 254 valence electrons. The van der Waals surface area contributed by atoms with Crippen LogP contribution in [0, 0.1) is 0 Å². The SMILES string of the molecule is CCCc1ccccc1/C=C/c1nc(/C=C/c2ccccc2CCC)c(/C=C/c2ccccc2CCC)nc1/C=C/c1ccccc1CCC. The Hall–Kier alpha value is -5.08. The molecule has 0 radical (unpaired) electrons. The van der Waals surface area contributed by atoms with Crippen molar-refractivity contribution in [2.24, 2.45) is 0 Å². The zero-order valence-electron chi connectivity index (χ0n) is 30.4. The Morgan fingerprint density at radius 3 is 0.760 bits per heavy atom. The molecule has 0 amide bonds. The van der Waals surface area contributed by atoms with E-state index in [0.717, 1.165) is 74.1 Å². The van der Waals surface area contributed by atoms with Crippen molar-refractivity contribution < 1.29 is 0 Å². The predicted octanol–water partition coefficient (Wildman–Crippen LogP) is 13.0. The monoisotopic (exact) mass is 656 g/mol. The predicted molar refractivity (Wildman–Crippen MR) is 219 cm³/mol. The molecule has 5 rings (SSSR count). The highest BCUT2D eigenvalue weighted by Crippen LogP contribution is 2.24. The van der Waals surface area contributed by atoms with Gasteiger partial charge in [0.15, 0.2) is 0 Å². The summed E-state index contributed by atoms with van der Waals surface area (Å²) in [5.74, 6) is 0. The Labute approximate surface area is 301 Å². The molecule has 0 aliphatic carbocycles. The Bertz CT molecular complexity index is 1680. The third-order valence-electron chi connectivity index (χ3n) is 8.99. The van der Waals surface area contributed by atoms with E-state index in [4.69, 9.17) is 9.97 Å². The van der Waals surface area contributed by atoms with Crippen LogP contribution in [0.15, 0.2) is 97.1 Å². The summed E-state index contributed by atoms with van der Waals surface area (Å²) in [7, 11) is 0. The lowest BCUT2D eigenvalue weighted by Crippen LogP contribution is -2.00. The number of aryl methyl sites for hydroxylation is 4. The lowest BCUT2D eigenvalue weighted by molar-refractivity contribution is 0.919. The maximum absolute atomic E-state index is 5.36. The molecule has 0 fully saturated rings. The molecule has 4 aromatic carbocycles. The lowest BCUT2D eigenvalue weighted by atomic mass is 10.0. The third kappa shape index (κ3) is 9.98. The summed E-state index contributed by atoms with van der Waals surface area (Å²) in [6.07, 6.45) is 26.0.